The third-order valence-corrected chi connectivity index (χ3v) is 2.60. The number of hydrogen-bond donors (Lipinski definition) is 1. The average molecular weight is 180 g/mol. The number of pyridine rings is 1. The molecule has 0 unspecified atom stereocenters. The molecule has 0 saturated heterocycles. The van der Waals surface area contributed by atoms with Gasteiger partial charge in [-0.2, -0.15) is 0 Å². The highest BCUT2D eigenvalue weighted by molar-refractivity contribution is 8.00. The van der Waals surface area contributed by atoms with Gasteiger partial charge < -0.3 is 5.32 Å². The number of thioether (sulfide) groups is 1. The Morgan fingerprint density at radius 2 is 2.42 bits per heavy atom. The standard InChI is InChI=1S/C8H8N2OS/c1-5-2-3-6-8(9-5)12-4-7(11)10-6/h2-3H,4H2,1H3,(H,10,11). The highest BCUT2D eigenvalue weighted by atomic mass is 32.2. The molecular weight excluding hydrogens is 172 g/mol. The number of carbonyl (C=O) groups is 1. The van der Waals surface area contributed by atoms with Gasteiger partial charge in [0, 0.05) is 5.69 Å². The number of anilines is 1. The Labute approximate surface area is 74.6 Å². The Bertz CT molecular complexity index is 338. The topological polar surface area (TPSA) is 42.0 Å². The van der Waals surface area contributed by atoms with Gasteiger partial charge in [-0.05, 0) is 19.1 Å². The van der Waals surface area contributed by atoms with Gasteiger partial charge in [0.05, 0.1) is 11.4 Å². The van der Waals surface area contributed by atoms with E-state index in [9.17, 15) is 4.79 Å². The number of fused-ring (bicyclic) bond motifs is 1. The molecule has 1 aromatic heterocycles. The summed E-state index contributed by atoms with van der Waals surface area (Å²) in [6, 6.07) is 3.78. The summed E-state index contributed by atoms with van der Waals surface area (Å²) in [7, 11) is 0. The molecule has 1 N–H and O–H groups in total. The minimum absolute atomic E-state index is 0.0538. The van der Waals surface area contributed by atoms with Gasteiger partial charge in [-0.25, -0.2) is 4.98 Å². The Kier molecular flexibility index (Phi) is 1.77. The fraction of sp³-hybridized carbons (Fsp3) is 0.250. The zero-order valence-corrected chi connectivity index (χ0v) is 7.44. The lowest BCUT2D eigenvalue weighted by molar-refractivity contribution is -0.113. The summed E-state index contributed by atoms with van der Waals surface area (Å²) in [5, 5.41) is 3.69. The van der Waals surface area contributed by atoms with Crippen molar-refractivity contribution in [3.05, 3.63) is 17.8 Å². The van der Waals surface area contributed by atoms with Crippen molar-refractivity contribution in [2.75, 3.05) is 11.1 Å². The van der Waals surface area contributed by atoms with Gasteiger partial charge in [-0.3, -0.25) is 4.79 Å². The highest BCUT2D eigenvalue weighted by Gasteiger charge is 2.15. The number of nitrogens with one attached hydrogen (secondary N) is 1. The molecule has 1 aliphatic heterocycles. The van der Waals surface area contributed by atoms with E-state index in [4.69, 9.17) is 0 Å². The molecule has 0 radical (unpaired) electrons. The normalized spacial score (nSPS) is 15.2. The molecular formula is C8H8N2OS. The van der Waals surface area contributed by atoms with Gasteiger partial charge in [0.15, 0.2) is 0 Å². The van der Waals surface area contributed by atoms with Crippen LogP contribution in [0.25, 0.3) is 0 Å². The monoisotopic (exact) mass is 180 g/mol. The van der Waals surface area contributed by atoms with Gasteiger partial charge in [-0.1, -0.05) is 11.8 Å². The van der Waals surface area contributed by atoms with E-state index in [0.29, 0.717) is 5.75 Å². The first kappa shape index (κ1) is 7.61. The maximum absolute atomic E-state index is 11.0. The van der Waals surface area contributed by atoms with Crippen LogP contribution in [0.15, 0.2) is 17.2 Å². The van der Waals surface area contributed by atoms with E-state index in [1.165, 1.54) is 11.8 Å². The van der Waals surface area contributed by atoms with Crippen molar-refractivity contribution in [2.24, 2.45) is 0 Å². The van der Waals surface area contributed by atoms with Crippen LogP contribution >= 0.6 is 11.8 Å². The second-order valence-corrected chi connectivity index (χ2v) is 3.61. The molecule has 3 nitrogen and oxygen atoms in total. The predicted molar refractivity (Wildman–Crippen MR) is 48.3 cm³/mol. The van der Waals surface area contributed by atoms with Crippen molar-refractivity contribution in [3.8, 4) is 0 Å². The lowest BCUT2D eigenvalue weighted by atomic mass is 10.3. The summed E-state index contributed by atoms with van der Waals surface area (Å²) in [4.78, 5) is 15.2. The number of aromatic nitrogens is 1. The zero-order chi connectivity index (χ0) is 8.55. The summed E-state index contributed by atoms with van der Waals surface area (Å²) >= 11 is 1.49. The van der Waals surface area contributed by atoms with Gasteiger partial charge in [0.25, 0.3) is 0 Å². The fourth-order valence-corrected chi connectivity index (χ4v) is 1.88. The lowest BCUT2D eigenvalue weighted by Gasteiger charge is -2.14. The summed E-state index contributed by atoms with van der Waals surface area (Å²) < 4.78 is 0. The first-order valence-corrected chi connectivity index (χ1v) is 4.64. The van der Waals surface area contributed by atoms with Crippen LogP contribution in [0, 0.1) is 6.92 Å². The van der Waals surface area contributed by atoms with Crippen LogP contribution in [0.1, 0.15) is 5.69 Å². The number of nitrogens with zero attached hydrogens (tertiary/aromatic N) is 1. The number of hydrogen-bond acceptors (Lipinski definition) is 3. The molecule has 0 atom stereocenters. The van der Waals surface area contributed by atoms with Crippen molar-refractivity contribution in [1.29, 1.82) is 0 Å². The molecule has 2 heterocycles. The largest absolute Gasteiger partial charge is 0.323 e. The minimum Gasteiger partial charge on any atom is -0.323 e. The van der Waals surface area contributed by atoms with Crippen LogP contribution in [-0.2, 0) is 4.79 Å². The average Bonchev–Trinajstić information content (AvgIpc) is 2.05. The lowest BCUT2D eigenvalue weighted by Crippen LogP contribution is -2.19. The van der Waals surface area contributed by atoms with Crippen LogP contribution in [0.5, 0.6) is 0 Å². The molecule has 0 bridgehead atoms. The molecule has 0 saturated carbocycles. The zero-order valence-electron chi connectivity index (χ0n) is 6.63. The van der Waals surface area contributed by atoms with E-state index < -0.39 is 0 Å². The van der Waals surface area contributed by atoms with E-state index in [-0.39, 0.29) is 5.91 Å². The number of carbonyl (C=O) groups excluding carboxylic acids is 1. The first-order chi connectivity index (χ1) is 5.75. The van der Waals surface area contributed by atoms with Gasteiger partial charge >= 0.3 is 0 Å². The molecule has 0 spiro atoms. The SMILES string of the molecule is Cc1ccc2c(n1)SCC(=O)N2. The highest BCUT2D eigenvalue weighted by Crippen LogP contribution is 2.28. The second-order valence-electron chi connectivity index (χ2n) is 2.64. The van der Waals surface area contributed by atoms with E-state index in [0.717, 1.165) is 16.4 Å². The fourth-order valence-electron chi connectivity index (χ4n) is 1.06. The van der Waals surface area contributed by atoms with Gasteiger partial charge in [0.2, 0.25) is 5.91 Å². The van der Waals surface area contributed by atoms with Gasteiger partial charge in [0.1, 0.15) is 5.03 Å². The van der Waals surface area contributed by atoms with E-state index in [2.05, 4.69) is 10.3 Å². The van der Waals surface area contributed by atoms with Crippen molar-refractivity contribution in [3.63, 3.8) is 0 Å². The summed E-state index contributed by atoms with van der Waals surface area (Å²) in [5.41, 5.74) is 1.82. The molecule has 0 aliphatic carbocycles. The molecule has 1 amide bonds. The molecule has 2 rings (SSSR count). The molecule has 1 aromatic rings. The van der Waals surface area contributed by atoms with Crippen molar-refractivity contribution >= 4 is 23.4 Å². The molecule has 1 aliphatic rings. The van der Waals surface area contributed by atoms with E-state index in [1.54, 1.807) is 0 Å². The minimum atomic E-state index is 0.0538. The summed E-state index contributed by atoms with van der Waals surface area (Å²) in [6.45, 7) is 1.94. The van der Waals surface area contributed by atoms with Crippen molar-refractivity contribution < 1.29 is 4.79 Å². The molecule has 0 fully saturated rings. The van der Waals surface area contributed by atoms with Crippen LogP contribution in [0.3, 0.4) is 0 Å². The third kappa shape index (κ3) is 1.30. The number of amides is 1. The van der Waals surface area contributed by atoms with Crippen LogP contribution in [0.2, 0.25) is 0 Å². The first-order valence-electron chi connectivity index (χ1n) is 3.66. The summed E-state index contributed by atoms with van der Waals surface area (Å²) in [6.07, 6.45) is 0. The maximum Gasteiger partial charge on any atom is 0.234 e. The Balaban J connectivity index is 2.43. The number of rotatable bonds is 0. The van der Waals surface area contributed by atoms with Crippen molar-refractivity contribution in [2.45, 2.75) is 11.9 Å². The Morgan fingerprint density at radius 3 is 3.25 bits per heavy atom. The van der Waals surface area contributed by atoms with Crippen LogP contribution in [0.4, 0.5) is 5.69 Å². The quantitative estimate of drug-likeness (QED) is 0.656. The van der Waals surface area contributed by atoms with Crippen molar-refractivity contribution in [1.82, 2.24) is 4.98 Å². The molecule has 4 heteroatoms. The van der Waals surface area contributed by atoms with E-state index >= 15 is 0 Å². The predicted octanol–water partition coefficient (Wildman–Crippen LogP) is 1.43. The smallest absolute Gasteiger partial charge is 0.234 e. The van der Waals surface area contributed by atoms with Crippen LogP contribution in [-0.4, -0.2) is 16.6 Å². The Morgan fingerprint density at radius 1 is 1.58 bits per heavy atom. The third-order valence-electron chi connectivity index (χ3n) is 1.61. The van der Waals surface area contributed by atoms with Gasteiger partial charge in [-0.15, -0.1) is 0 Å². The Hall–Kier alpha value is -1.03. The second kappa shape index (κ2) is 2.79. The molecule has 12 heavy (non-hydrogen) atoms. The number of aryl methyl sites for hydroxylation is 1. The van der Waals surface area contributed by atoms with Crippen LogP contribution < -0.4 is 5.32 Å². The summed E-state index contributed by atoms with van der Waals surface area (Å²) in [5.74, 6) is 0.529. The molecule has 0 aromatic carbocycles. The van der Waals surface area contributed by atoms with E-state index in [1.807, 2.05) is 19.1 Å². The molecule has 62 valence electrons. The maximum atomic E-state index is 11.0.